The normalized spacial score (nSPS) is 23.8. The van der Waals surface area contributed by atoms with Crippen molar-refractivity contribution in [1.29, 1.82) is 0 Å². The molecule has 0 saturated heterocycles. The Morgan fingerprint density at radius 1 is 1.25 bits per heavy atom. The van der Waals surface area contributed by atoms with Gasteiger partial charge in [-0.15, -0.1) is 13.2 Å². The van der Waals surface area contributed by atoms with E-state index in [1.54, 1.807) is 39.2 Å². The van der Waals surface area contributed by atoms with Gasteiger partial charge in [-0.25, -0.2) is 13.1 Å². The zero-order chi connectivity index (χ0) is 31.7. The van der Waals surface area contributed by atoms with Crippen molar-refractivity contribution in [2.75, 3.05) is 38.3 Å². The maximum absolute atomic E-state index is 13.6. The summed E-state index contributed by atoms with van der Waals surface area (Å²) in [4.78, 5) is 15.3. The first kappa shape index (κ1) is 32.5. The van der Waals surface area contributed by atoms with Gasteiger partial charge in [-0.1, -0.05) is 29.8 Å². The number of fused-ring (bicyclic) bond motifs is 3. The minimum Gasteiger partial charge on any atom is -0.490 e. The predicted octanol–water partition coefficient (Wildman–Crippen LogP) is 5.40. The molecule has 10 heteroatoms. The van der Waals surface area contributed by atoms with Gasteiger partial charge in [0.25, 0.3) is 15.9 Å². The SMILES string of the molecule is C=CCNC(C)(C)C(=O)NS(=O)(=O)c1ccc2c(c1)N(C[C@@H]1CC[C@H]1[C@H](C=C)OC)C[C@@]1(CCCc3cc(Cl)ccc31)CO2. The summed E-state index contributed by atoms with van der Waals surface area (Å²) in [5.74, 6) is 0.649. The van der Waals surface area contributed by atoms with E-state index in [9.17, 15) is 13.2 Å². The Bertz CT molecular complexity index is 1530. The Kier molecular flexibility index (Phi) is 9.52. The molecule has 44 heavy (non-hydrogen) atoms. The molecule has 2 aromatic rings. The zero-order valence-electron chi connectivity index (χ0n) is 25.9. The molecule has 0 unspecified atom stereocenters. The van der Waals surface area contributed by atoms with Gasteiger partial charge in [-0.05, 0) is 99.2 Å². The number of methoxy groups -OCH3 is 1. The van der Waals surface area contributed by atoms with Crippen LogP contribution in [-0.2, 0) is 31.4 Å². The van der Waals surface area contributed by atoms with E-state index >= 15 is 0 Å². The average Bonchev–Trinajstić information content (AvgIpc) is 3.13. The van der Waals surface area contributed by atoms with Crippen LogP contribution in [0.25, 0.3) is 0 Å². The Labute approximate surface area is 266 Å². The van der Waals surface area contributed by atoms with E-state index in [-0.39, 0.29) is 16.4 Å². The zero-order valence-corrected chi connectivity index (χ0v) is 27.5. The van der Waals surface area contributed by atoms with Crippen LogP contribution in [0.15, 0.2) is 66.6 Å². The van der Waals surface area contributed by atoms with Crippen molar-refractivity contribution in [3.8, 4) is 5.75 Å². The fraction of sp³-hybridized carbons (Fsp3) is 0.500. The lowest BCUT2D eigenvalue weighted by atomic mass is 9.68. The van der Waals surface area contributed by atoms with E-state index in [0.717, 1.165) is 37.1 Å². The smallest absolute Gasteiger partial charge is 0.264 e. The molecule has 1 spiro atoms. The standard InChI is InChI=1S/C34H44ClN3O5S/c1-6-17-36-33(3,4)32(39)37-44(40,41)26-12-15-31-29(19-26)38(20-24-10-13-27(24)30(7-2)42-5)21-34(22-43-31)16-8-9-23-18-25(35)11-14-28(23)34/h6-7,11-12,14-15,18-19,24,27,30,36H,1-2,8-10,13,16-17,20-22H2,3-5H3,(H,37,39)/t24-,27+,30-,34-/m0/s1. The second-order valence-electron chi connectivity index (χ2n) is 12.9. The van der Waals surface area contributed by atoms with E-state index in [2.05, 4.69) is 40.2 Å². The van der Waals surface area contributed by atoms with Crippen LogP contribution < -0.4 is 19.7 Å². The van der Waals surface area contributed by atoms with Crippen molar-refractivity contribution < 1.29 is 22.7 Å². The molecule has 1 fully saturated rings. The highest BCUT2D eigenvalue weighted by atomic mass is 35.5. The summed E-state index contributed by atoms with van der Waals surface area (Å²) in [5.41, 5.74) is 1.79. The number of rotatable bonds is 11. The molecule has 0 radical (unpaired) electrons. The van der Waals surface area contributed by atoms with E-state index in [0.29, 0.717) is 49.5 Å². The van der Waals surface area contributed by atoms with Crippen molar-refractivity contribution in [3.63, 3.8) is 0 Å². The number of anilines is 1. The average molecular weight is 642 g/mol. The molecule has 8 nitrogen and oxygen atoms in total. The van der Waals surface area contributed by atoms with Gasteiger partial charge in [0.05, 0.1) is 28.8 Å². The number of nitrogens with one attached hydrogen (secondary N) is 2. The molecule has 0 aromatic heterocycles. The van der Waals surface area contributed by atoms with Gasteiger partial charge in [0, 0.05) is 37.2 Å². The number of aryl methyl sites for hydroxylation is 1. The summed E-state index contributed by atoms with van der Waals surface area (Å²) in [6, 6.07) is 11.0. The Morgan fingerprint density at radius 3 is 2.73 bits per heavy atom. The third-order valence-corrected chi connectivity index (χ3v) is 11.2. The summed E-state index contributed by atoms with van der Waals surface area (Å²) < 4.78 is 41.7. The highest BCUT2D eigenvalue weighted by molar-refractivity contribution is 7.90. The van der Waals surface area contributed by atoms with Crippen molar-refractivity contribution in [1.82, 2.24) is 10.0 Å². The third kappa shape index (κ3) is 6.43. The van der Waals surface area contributed by atoms with Gasteiger partial charge in [0.2, 0.25) is 0 Å². The highest BCUT2D eigenvalue weighted by Crippen LogP contribution is 2.47. The molecular formula is C34H44ClN3O5S. The van der Waals surface area contributed by atoms with Crippen LogP contribution in [0.3, 0.4) is 0 Å². The fourth-order valence-electron chi connectivity index (χ4n) is 6.96. The Balaban J connectivity index is 1.51. The molecule has 2 aromatic carbocycles. The van der Waals surface area contributed by atoms with Crippen molar-refractivity contribution >= 4 is 33.2 Å². The molecule has 4 atom stereocenters. The maximum Gasteiger partial charge on any atom is 0.264 e. The van der Waals surface area contributed by atoms with E-state index in [4.69, 9.17) is 21.1 Å². The van der Waals surface area contributed by atoms with Crippen LogP contribution in [0, 0.1) is 11.8 Å². The molecule has 1 heterocycles. The number of halogens is 1. The van der Waals surface area contributed by atoms with Crippen LogP contribution in [0.1, 0.15) is 50.7 Å². The number of carbonyl (C=O) groups is 1. The van der Waals surface area contributed by atoms with Crippen molar-refractivity contribution in [3.05, 3.63) is 77.9 Å². The van der Waals surface area contributed by atoms with Crippen molar-refractivity contribution in [2.45, 2.75) is 67.9 Å². The monoisotopic (exact) mass is 641 g/mol. The lowest BCUT2D eigenvalue weighted by molar-refractivity contribution is -0.124. The molecule has 0 bridgehead atoms. The largest absolute Gasteiger partial charge is 0.490 e. The molecule has 238 valence electrons. The number of sulfonamides is 1. The predicted molar refractivity (Wildman–Crippen MR) is 175 cm³/mol. The molecule has 5 rings (SSSR count). The van der Waals surface area contributed by atoms with E-state index < -0.39 is 21.5 Å². The number of benzene rings is 2. The van der Waals surface area contributed by atoms with Crippen molar-refractivity contribution in [2.24, 2.45) is 11.8 Å². The van der Waals surface area contributed by atoms with Crippen LogP contribution in [0.4, 0.5) is 5.69 Å². The second-order valence-corrected chi connectivity index (χ2v) is 15.0. The second kappa shape index (κ2) is 12.9. The van der Waals surface area contributed by atoms with Crippen LogP contribution in [0.2, 0.25) is 5.02 Å². The van der Waals surface area contributed by atoms with Crippen LogP contribution in [0.5, 0.6) is 5.75 Å². The number of ether oxygens (including phenoxy) is 2. The lowest BCUT2D eigenvalue weighted by Gasteiger charge is -2.46. The number of carbonyl (C=O) groups excluding carboxylic acids is 1. The fourth-order valence-corrected chi connectivity index (χ4v) is 8.29. The molecule has 2 aliphatic carbocycles. The summed E-state index contributed by atoms with van der Waals surface area (Å²) in [6.07, 6.45) is 8.47. The van der Waals surface area contributed by atoms with Crippen LogP contribution >= 0.6 is 11.6 Å². The van der Waals surface area contributed by atoms with Crippen LogP contribution in [-0.4, -0.2) is 59.3 Å². The summed E-state index contributed by atoms with van der Waals surface area (Å²) in [6.45, 7) is 13.1. The molecule has 1 amide bonds. The van der Waals surface area contributed by atoms with E-state index in [1.807, 2.05) is 12.1 Å². The first-order valence-electron chi connectivity index (χ1n) is 15.3. The number of hydrogen-bond acceptors (Lipinski definition) is 7. The third-order valence-electron chi connectivity index (χ3n) is 9.66. The first-order valence-corrected chi connectivity index (χ1v) is 17.2. The van der Waals surface area contributed by atoms with Gasteiger partial charge < -0.3 is 19.7 Å². The molecular weight excluding hydrogens is 598 g/mol. The molecule has 3 aliphatic rings. The number of nitrogens with zero attached hydrogens (tertiary/aromatic N) is 1. The minimum absolute atomic E-state index is 0.00974. The number of hydrogen-bond donors (Lipinski definition) is 2. The first-order chi connectivity index (χ1) is 20.9. The number of amides is 1. The highest BCUT2D eigenvalue weighted by Gasteiger charge is 2.44. The molecule has 2 N–H and O–H groups in total. The summed E-state index contributed by atoms with van der Waals surface area (Å²) in [7, 11) is -2.45. The van der Waals surface area contributed by atoms with E-state index in [1.165, 1.54) is 17.2 Å². The molecule has 1 aliphatic heterocycles. The quantitative estimate of drug-likeness (QED) is 0.317. The van der Waals surface area contributed by atoms with Gasteiger partial charge >= 0.3 is 0 Å². The van der Waals surface area contributed by atoms with Gasteiger partial charge in [0.1, 0.15) is 5.75 Å². The Morgan fingerprint density at radius 2 is 2.05 bits per heavy atom. The Hall–Kier alpha value is -2.85. The van der Waals surface area contributed by atoms with Gasteiger partial charge in [-0.2, -0.15) is 0 Å². The topological polar surface area (TPSA) is 97.0 Å². The van der Waals surface area contributed by atoms with Gasteiger partial charge in [-0.3, -0.25) is 4.79 Å². The lowest BCUT2D eigenvalue weighted by Crippen LogP contribution is -2.53. The maximum atomic E-state index is 13.6. The summed E-state index contributed by atoms with van der Waals surface area (Å²) >= 11 is 6.40. The summed E-state index contributed by atoms with van der Waals surface area (Å²) in [5, 5.41) is 3.73. The minimum atomic E-state index is -4.17. The van der Waals surface area contributed by atoms with Gasteiger partial charge in [0.15, 0.2) is 0 Å². The molecule has 1 saturated carbocycles.